The van der Waals surface area contributed by atoms with Crippen LogP contribution in [0.3, 0.4) is 0 Å². The van der Waals surface area contributed by atoms with E-state index in [1.807, 2.05) is 6.92 Å². The molecule has 0 radical (unpaired) electrons. The monoisotopic (exact) mass is 578 g/mol. The molecule has 4 fully saturated rings. The lowest BCUT2D eigenvalue weighted by molar-refractivity contribution is -0.147. The fourth-order valence-corrected chi connectivity index (χ4v) is 9.62. The second kappa shape index (κ2) is 10.5. The Kier molecular flexibility index (Phi) is 8.08. The summed E-state index contributed by atoms with van der Waals surface area (Å²) in [6, 6.07) is 2.81. The molecule has 12 heteroatoms. The molecule has 4 aliphatic carbocycles. The predicted octanol–water partition coefficient (Wildman–Crippen LogP) is 4.23. The van der Waals surface area contributed by atoms with Gasteiger partial charge in [-0.05, 0) is 68.4 Å². The van der Waals surface area contributed by atoms with E-state index in [1.54, 1.807) is 6.92 Å². The molecule has 2 atom stereocenters. The Hall–Kier alpha value is -1.26. The van der Waals surface area contributed by atoms with Gasteiger partial charge in [0.05, 0.1) is 22.3 Å². The highest BCUT2D eigenvalue weighted by Gasteiger charge is 2.58. The molecule has 2 amide bonds. The first-order chi connectivity index (χ1) is 16.9. The molecule has 5 rings (SSSR count). The number of benzene rings is 1. The van der Waals surface area contributed by atoms with Gasteiger partial charge in [0.1, 0.15) is 0 Å². The Morgan fingerprint density at radius 1 is 1.08 bits per heavy atom. The van der Waals surface area contributed by atoms with E-state index >= 15 is 0 Å². The molecule has 2 unspecified atom stereocenters. The number of amides is 2. The Morgan fingerprint density at radius 3 is 2.17 bits per heavy atom. The van der Waals surface area contributed by atoms with Crippen molar-refractivity contribution in [2.24, 2.45) is 28.9 Å². The molecule has 36 heavy (non-hydrogen) atoms. The summed E-state index contributed by atoms with van der Waals surface area (Å²) in [5.41, 5.74) is 5.46. The smallest absolute Gasteiger partial charge is 0.304 e. The standard InChI is InChI=1S/C24H33Cl3N4O4S/c1-3-5-31(22-18(26)8-17(25)9-19(22)27)36(34,35)30(4-2)13-20(32)29-21-15-6-14-7-16(21)12-24(10-14,11-15)23(28)33/h8-9,14-16,21H,3-7,10-13H2,1-2H3,(H2,28,33)(H,29,32). The zero-order valence-electron chi connectivity index (χ0n) is 20.5. The third-order valence-corrected chi connectivity index (χ3v) is 10.8. The molecule has 1 aromatic rings. The number of nitrogens with zero attached hydrogens (tertiary/aromatic N) is 2. The zero-order chi connectivity index (χ0) is 26.4. The molecule has 4 aliphatic rings. The van der Waals surface area contributed by atoms with Crippen LogP contribution in [0.15, 0.2) is 12.1 Å². The van der Waals surface area contributed by atoms with Crippen molar-refractivity contribution in [3.05, 3.63) is 27.2 Å². The van der Waals surface area contributed by atoms with E-state index in [0.717, 1.165) is 27.9 Å². The van der Waals surface area contributed by atoms with Gasteiger partial charge in [-0.3, -0.25) is 13.9 Å². The Bertz CT molecular complexity index is 1110. The normalized spacial score (nSPS) is 28.9. The van der Waals surface area contributed by atoms with Gasteiger partial charge in [0, 0.05) is 29.6 Å². The SMILES string of the molecule is CCCN(c1c(Cl)cc(Cl)cc1Cl)S(=O)(=O)N(CC)CC(=O)NC1C2CC3CC1CC(C(N)=O)(C3)C2. The number of halogens is 3. The average molecular weight is 580 g/mol. The first-order valence-electron chi connectivity index (χ1n) is 12.4. The molecule has 8 nitrogen and oxygen atoms in total. The molecule has 0 aliphatic heterocycles. The van der Waals surface area contributed by atoms with Crippen LogP contribution in [-0.2, 0) is 19.8 Å². The maximum Gasteiger partial charge on any atom is 0.304 e. The maximum absolute atomic E-state index is 13.7. The van der Waals surface area contributed by atoms with Gasteiger partial charge in [-0.2, -0.15) is 12.7 Å². The topological polar surface area (TPSA) is 113 Å². The highest BCUT2D eigenvalue weighted by Crippen LogP contribution is 2.59. The summed E-state index contributed by atoms with van der Waals surface area (Å²) in [6.45, 7) is 3.41. The van der Waals surface area contributed by atoms with E-state index in [2.05, 4.69) is 5.32 Å². The molecule has 0 aromatic heterocycles. The van der Waals surface area contributed by atoms with E-state index in [0.29, 0.717) is 30.2 Å². The summed E-state index contributed by atoms with van der Waals surface area (Å²) in [4.78, 5) is 25.4. The molecule has 4 bridgehead atoms. The van der Waals surface area contributed by atoms with Crippen LogP contribution >= 0.6 is 34.8 Å². The summed E-state index contributed by atoms with van der Waals surface area (Å²) in [5.74, 6) is 0.235. The van der Waals surface area contributed by atoms with Crippen molar-refractivity contribution in [3.63, 3.8) is 0 Å². The number of carbonyl (C=O) groups is 2. The van der Waals surface area contributed by atoms with E-state index in [4.69, 9.17) is 40.5 Å². The zero-order valence-corrected chi connectivity index (χ0v) is 23.6. The second-order valence-corrected chi connectivity index (χ2v) is 13.5. The van der Waals surface area contributed by atoms with Crippen molar-refractivity contribution in [1.29, 1.82) is 0 Å². The molecule has 3 N–H and O–H groups in total. The lowest BCUT2D eigenvalue weighted by Crippen LogP contribution is -2.62. The number of hydrogen-bond donors (Lipinski definition) is 2. The van der Waals surface area contributed by atoms with Gasteiger partial charge >= 0.3 is 10.2 Å². The van der Waals surface area contributed by atoms with Crippen LogP contribution in [0.25, 0.3) is 0 Å². The molecule has 1 aromatic carbocycles. The quantitative estimate of drug-likeness (QED) is 0.432. The van der Waals surface area contributed by atoms with Gasteiger partial charge < -0.3 is 11.1 Å². The van der Waals surface area contributed by atoms with Gasteiger partial charge in [-0.1, -0.05) is 48.7 Å². The van der Waals surface area contributed by atoms with Crippen LogP contribution in [0.1, 0.15) is 52.4 Å². The minimum Gasteiger partial charge on any atom is -0.369 e. The summed E-state index contributed by atoms with van der Waals surface area (Å²) in [6.07, 6.45) is 4.66. The van der Waals surface area contributed by atoms with Crippen LogP contribution < -0.4 is 15.4 Å². The van der Waals surface area contributed by atoms with E-state index in [9.17, 15) is 18.0 Å². The number of nitrogens with one attached hydrogen (secondary N) is 1. The third-order valence-electron chi connectivity index (χ3n) is 8.06. The van der Waals surface area contributed by atoms with E-state index in [-0.39, 0.29) is 65.1 Å². The van der Waals surface area contributed by atoms with Crippen LogP contribution in [0.5, 0.6) is 0 Å². The van der Waals surface area contributed by atoms with Crippen LogP contribution in [-0.4, -0.2) is 50.2 Å². The second-order valence-electron chi connectivity index (χ2n) is 10.4. The van der Waals surface area contributed by atoms with Crippen molar-refractivity contribution >= 4 is 62.5 Å². The predicted molar refractivity (Wildman–Crippen MR) is 142 cm³/mol. The van der Waals surface area contributed by atoms with Gasteiger partial charge in [-0.25, -0.2) is 0 Å². The van der Waals surface area contributed by atoms with Crippen molar-refractivity contribution < 1.29 is 18.0 Å². The number of rotatable bonds is 10. The van der Waals surface area contributed by atoms with Gasteiger partial charge in [0.2, 0.25) is 11.8 Å². The largest absolute Gasteiger partial charge is 0.369 e. The number of carbonyl (C=O) groups excluding carboxylic acids is 2. The molecule has 0 spiro atoms. The molecular weight excluding hydrogens is 547 g/mol. The lowest BCUT2D eigenvalue weighted by atomic mass is 9.47. The Balaban J connectivity index is 1.51. The number of hydrogen-bond acceptors (Lipinski definition) is 4. The lowest BCUT2D eigenvalue weighted by Gasteiger charge is -2.58. The van der Waals surface area contributed by atoms with Crippen LogP contribution in [0.2, 0.25) is 15.1 Å². The molecule has 200 valence electrons. The average Bonchev–Trinajstić information content (AvgIpc) is 2.78. The first-order valence-corrected chi connectivity index (χ1v) is 15.0. The first kappa shape index (κ1) is 27.8. The van der Waals surface area contributed by atoms with Crippen molar-refractivity contribution in [2.45, 2.75) is 58.4 Å². The summed E-state index contributed by atoms with van der Waals surface area (Å²) >= 11 is 18.7. The molecular formula is C24H33Cl3N4O4S. The minimum atomic E-state index is -4.13. The van der Waals surface area contributed by atoms with Gasteiger partial charge in [0.25, 0.3) is 0 Å². The Labute approximate surface area is 228 Å². The fourth-order valence-electron chi connectivity index (χ4n) is 6.77. The number of likely N-dealkylation sites (N-methyl/N-ethyl adjacent to an activating group) is 1. The molecule has 0 saturated heterocycles. The third kappa shape index (κ3) is 5.06. The fraction of sp³-hybridized carbons (Fsp3) is 0.667. The van der Waals surface area contributed by atoms with Crippen molar-refractivity contribution in [3.8, 4) is 0 Å². The number of nitrogens with two attached hydrogens (primary N) is 1. The van der Waals surface area contributed by atoms with E-state index in [1.165, 1.54) is 12.1 Å². The molecule has 4 saturated carbocycles. The Morgan fingerprint density at radius 2 is 1.67 bits per heavy atom. The van der Waals surface area contributed by atoms with Crippen LogP contribution in [0.4, 0.5) is 5.69 Å². The van der Waals surface area contributed by atoms with Crippen molar-refractivity contribution in [1.82, 2.24) is 9.62 Å². The highest BCUT2D eigenvalue weighted by molar-refractivity contribution is 7.90. The summed E-state index contributed by atoms with van der Waals surface area (Å²) in [7, 11) is -4.13. The minimum absolute atomic E-state index is 0.0742. The molecule has 0 heterocycles. The number of anilines is 1. The maximum atomic E-state index is 13.7. The van der Waals surface area contributed by atoms with Gasteiger partial charge in [-0.15, -0.1) is 0 Å². The summed E-state index contributed by atoms with van der Waals surface area (Å²) in [5, 5.41) is 3.63. The van der Waals surface area contributed by atoms with Gasteiger partial charge in [0.15, 0.2) is 0 Å². The van der Waals surface area contributed by atoms with Crippen LogP contribution in [0, 0.1) is 23.2 Å². The summed E-state index contributed by atoms with van der Waals surface area (Å²) < 4.78 is 29.7. The number of primary amides is 1. The van der Waals surface area contributed by atoms with Crippen molar-refractivity contribution in [2.75, 3.05) is 23.9 Å². The van der Waals surface area contributed by atoms with E-state index < -0.39 is 15.6 Å². The highest BCUT2D eigenvalue weighted by atomic mass is 35.5.